The van der Waals surface area contributed by atoms with Crippen LogP contribution in [-0.2, 0) is 16.1 Å². The Balaban J connectivity index is 1.43. The third kappa shape index (κ3) is 5.57. The molecular weight excluding hydrogens is 396 g/mol. The number of hydrogen-bond acceptors (Lipinski definition) is 5. The van der Waals surface area contributed by atoms with Gasteiger partial charge in [-0.15, -0.1) is 0 Å². The summed E-state index contributed by atoms with van der Waals surface area (Å²) in [7, 11) is 1.38. The SMILES string of the molecule is COC(=O)CCCCCCNC(=O)c1ccc(CN2C(=O)c3ccccc3C2=O)cc1. The first-order chi connectivity index (χ1) is 15.0. The maximum absolute atomic E-state index is 12.5. The highest BCUT2D eigenvalue weighted by atomic mass is 16.5. The number of carbonyl (C=O) groups is 4. The number of fused-ring (bicyclic) bond motifs is 1. The molecule has 0 atom stereocenters. The predicted octanol–water partition coefficient (Wildman–Crippen LogP) is 3.34. The number of hydrogen-bond donors (Lipinski definition) is 1. The number of methoxy groups -OCH3 is 1. The van der Waals surface area contributed by atoms with Gasteiger partial charge in [0.15, 0.2) is 0 Å². The van der Waals surface area contributed by atoms with E-state index in [1.54, 1.807) is 48.5 Å². The van der Waals surface area contributed by atoms with Gasteiger partial charge < -0.3 is 10.1 Å². The minimum Gasteiger partial charge on any atom is -0.469 e. The molecule has 3 amide bonds. The van der Waals surface area contributed by atoms with Crippen molar-refractivity contribution in [3.8, 4) is 0 Å². The average molecular weight is 422 g/mol. The largest absolute Gasteiger partial charge is 0.469 e. The van der Waals surface area contributed by atoms with E-state index in [-0.39, 0.29) is 30.2 Å². The summed E-state index contributed by atoms with van der Waals surface area (Å²) >= 11 is 0. The monoisotopic (exact) mass is 422 g/mol. The van der Waals surface area contributed by atoms with Gasteiger partial charge in [0.05, 0.1) is 24.8 Å². The molecule has 0 bridgehead atoms. The maximum atomic E-state index is 12.5. The molecule has 0 fully saturated rings. The third-order valence-corrected chi connectivity index (χ3v) is 5.26. The van der Waals surface area contributed by atoms with Crippen LogP contribution in [0.2, 0.25) is 0 Å². The van der Waals surface area contributed by atoms with Crippen LogP contribution in [0.15, 0.2) is 48.5 Å². The second-order valence-electron chi connectivity index (χ2n) is 7.44. The van der Waals surface area contributed by atoms with Gasteiger partial charge in [0.2, 0.25) is 0 Å². The Morgan fingerprint density at radius 1 is 0.871 bits per heavy atom. The molecule has 7 nitrogen and oxygen atoms in total. The Labute approximate surface area is 181 Å². The molecule has 2 aromatic rings. The smallest absolute Gasteiger partial charge is 0.305 e. The van der Waals surface area contributed by atoms with E-state index in [1.165, 1.54) is 12.0 Å². The molecular formula is C24H26N2O5. The second kappa shape index (κ2) is 10.5. The van der Waals surface area contributed by atoms with Crippen LogP contribution in [-0.4, -0.2) is 42.2 Å². The Kier molecular flexibility index (Phi) is 7.54. The Hall–Kier alpha value is -3.48. The topological polar surface area (TPSA) is 92.8 Å². The van der Waals surface area contributed by atoms with Crippen LogP contribution in [0.4, 0.5) is 0 Å². The second-order valence-corrected chi connectivity index (χ2v) is 7.44. The molecule has 0 aliphatic carbocycles. The third-order valence-electron chi connectivity index (χ3n) is 5.26. The number of unbranched alkanes of at least 4 members (excludes halogenated alkanes) is 3. The fourth-order valence-electron chi connectivity index (χ4n) is 3.48. The zero-order valence-corrected chi connectivity index (χ0v) is 17.6. The van der Waals surface area contributed by atoms with E-state index in [4.69, 9.17) is 0 Å². The number of benzene rings is 2. The highest BCUT2D eigenvalue weighted by Gasteiger charge is 2.34. The van der Waals surface area contributed by atoms with E-state index in [1.807, 2.05) is 0 Å². The van der Waals surface area contributed by atoms with E-state index in [9.17, 15) is 19.2 Å². The maximum Gasteiger partial charge on any atom is 0.305 e. The van der Waals surface area contributed by atoms with Gasteiger partial charge in [-0.1, -0.05) is 37.1 Å². The molecule has 1 aliphatic heterocycles. The lowest BCUT2D eigenvalue weighted by Crippen LogP contribution is -2.29. The summed E-state index contributed by atoms with van der Waals surface area (Å²) in [5.41, 5.74) is 2.15. The number of nitrogens with one attached hydrogen (secondary N) is 1. The first-order valence-electron chi connectivity index (χ1n) is 10.4. The Morgan fingerprint density at radius 3 is 2.10 bits per heavy atom. The number of rotatable bonds is 10. The molecule has 0 saturated carbocycles. The predicted molar refractivity (Wildman–Crippen MR) is 115 cm³/mol. The van der Waals surface area contributed by atoms with Crippen molar-refractivity contribution in [1.29, 1.82) is 0 Å². The first kappa shape index (κ1) is 22.2. The minimum atomic E-state index is -0.297. The van der Waals surface area contributed by atoms with Gasteiger partial charge in [0.25, 0.3) is 17.7 Å². The van der Waals surface area contributed by atoms with Crippen molar-refractivity contribution in [3.63, 3.8) is 0 Å². The number of ether oxygens (including phenoxy) is 1. The van der Waals surface area contributed by atoms with Crippen LogP contribution in [0.3, 0.4) is 0 Å². The minimum absolute atomic E-state index is 0.165. The van der Waals surface area contributed by atoms with Crippen molar-refractivity contribution in [2.45, 2.75) is 38.6 Å². The van der Waals surface area contributed by atoms with Gasteiger partial charge in [0.1, 0.15) is 0 Å². The van der Waals surface area contributed by atoms with Gasteiger partial charge in [-0.3, -0.25) is 24.1 Å². The molecule has 0 saturated heterocycles. The zero-order chi connectivity index (χ0) is 22.2. The lowest BCUT2D eigenvalue weighted by molar-refractivity contribution is -0.140. The molecule has 2 aromatic carbocycles. The van der Waals surface area contributed by atoms with Crippen molar-refractivity contribution in [3.05, 3.63) is 70.8 Å². The van der Waals surface area contributed by atoms with Gasteiger partial charge in [-0.05, 0) is 42.7 Å². The summed E-state index contributed by atoms with van der Waals surface area (Å²) < 4.78 is 4.60. The molecule has 1 heterocycles. The van der Waals surface area contributed by atoms with Crippen molar-refractivity contribution < 1.29 is 23.9 Å². The van der Waals surface area contributed by atoms with E-state index < -0.39 is 0 Å². The van der Waals surface area contributed by atoms with Crippen molar-refractivity contribution >= 4 is 23.7 Å². The quantitative estimate of drug-likeness (QED) is 0.360. The van der Waals surface area contributed by atoms with Crippen LogP contribution >= 0.6 is 0 Å². The zero-order valence-electron chi connectivity index (χ0n) is 17.6. The number of carbonyl (C=O) groups excluding carboxylic acids is 4. The summed E-state index contributed by atoms with van der Waals surface area (Å²) in [6, 6.07) is 13.7. The molecule has 0 unspecified atom stereocenters. The van der Waals surface area contributed by atoms with E-state index in [2.05, 4.69) is 10.1 Å². The van der Waals surface area contributed by atoms with Crippen LogP contribution in [0.1, 0.15) is 68.7 Å². The Bertz CT molecular complexity index is 933. The van der Waals surface area contributed by atoms with Gasteiger partial charge in [0, 0.05) is 18.5 Å². The number of esters is 1. The van der Waals surface area contributed by atoms with Gasteiger partial charge in [-0.2, -0.15) is 0 Å². The highest BCUT2D eigenvalue weighted by molar-refractivity contribution is 6.21. The average Bonchev–Trinajstić information content (AvgIpc) is 3.03. The summed E-state index contributed by atoms with van der Waals surface area (Å²) in [4.78, 5) is 49.5. The van der Waals surface area contributed by atoms with E-state index in [0.717, 1.165) is 31.2 Å². The van der Waals surface area contributed by atoms with Crippen molar-refractivity contribution in [1.82, 2.24) is 10.2 Å². The van der Waals surface area contributed by atoms with Gasteiger partial charge in [-0.25, -0.2) is 0 Å². The number of amides is 3. The molecule has 0 radical (unpaired) electrons. The molecule has 7 heteroatoms. The summed E-state index contributed by atoms with van der Waals surface area (Å²) in [6.07, 6.45) is 3.89. The molecule has 0 aromatic heterocycles. The van der Waals surface area contributed by atoms with Crippen LogP contribution in [0, 0.1) is 0 Å². The lowest BCUT2D eigenvalue weighted by atomic mass is 10.1. The standard InChI is InChI=1S/C24H26N2O5/c1-31-21(27)10-4-2-3-7-15-25-22(28)18-13-11-17(12-14-18)16-26-23(29)19-8-5-6-9-20(19)24(26)30/h5-6,8-9,11-14H,2-4,7,10,15-16H2,1H3,(H,25,28). The highest BCUT2D eigenvalue weighted by Crippen LogP contribution is 2.24. The summed E-state index contributed by atoms with van der Waals surface area (Å²) in [6.45, 7) is 0.730. The van der Waals surface area contributed by atoms with Crippen LogP contribution in [0.25, 0.3) is 0 Å². The van der Waals surface area contributed by atoms with E-state index in [0.29, 0.717) is 29.7 Å². The van der Waals surface area contributed by atoms with E-state index >= 15 is 0 Å². The fourth-order valence-corrected chi connectivity index (χ4v) is 3.48. The fraction of sp³-hybridized carbons (Fsp3) is 0.333. The summed E-state index contributed by atoms with van der Waals surface area (Å²) in [5, 5.41) is 2.88. The van der Waals surface area contributed by atoms with Gasteiger partial charge >= 0.3 is 5.97 Å². The van der Waals surface area contributed by atoms with Crippen LogP contribution in [0.5, 0.6) is 0 Å². The molecule has 0 spiro atoms. The van der Waals surface area contributed by atoms with Crippen molar-refractivity contribution in [2.75, 3.05) is 13.7 Å². The number of imide groups is 1. The van der Waals surface area contributed by atoms with Crippen molar-refractivity contribution in [2.24, 2.45) is 0 Å². The molecule has 1 N–H and O–H groups in total. The summed E-state index contributed by atoms with van der Waals surface area (Å²) in [5.74, 6) is -0.954. The van der Waals surface area contributed by atoms with Crippen LogP contribution < -0.4 is 5.32 Å². The number of nitrogens with zero attached hydrogens (tertiary/aromatic N) is 1. The lowest BCUT2D eigenvalue weighted by Gasteiger charge is -2.14. The molecule has 3 rings (SSSR count). The molecule has 31 heavy (non-hydrogen) atoms. The first-order valence-corrected chi connectivity index (χ1v) is 10.4. The Morgan fingerprint density at radius 2 is 1.48 bits per heavy atom. The normalized spacial score (nSPS) is 12.6. The molecule has 162 valence electrons. The molecule has 1 aliphatic rings.